The number of rotatable bonds is 6. The Morgan fingerprint density at radius 3 is 2.88 bits per heavy atom. The van der Waals surface area contributed by atoms with E-state index in [-0.39, 0.29) is 11.9 Å². The molecule has 1 aliphatic rings. The molecule has 3 rings (SSSR count). The lowest BCUT2D eigenvalue weighted by Crippen LogP contribution is -2.43. The molecule has 1 amide bonds. The van der Waals surface area contributed by atoms with Crippen molar-refractivity contribution in [1.82, 2.24) is 10.2 Å². The lowest BCUT2D eigenvalue weighted by molar-refractivity contribution is 0.0169. The SMILES string of the molecule is COc1ccc(Cl)cc1C(=O)NCC(c1cccs1)N1CCOCC1. The maximum Gasteiger partial charge on any atom is 0.255 e. The van der Waals surface area contributed by atoms with Crippen molar-refractivity contribution in [3.63, 3.8) is 0 Å². The molecule has 1 unspecified atom stereocenters. The number of morpholine rings is 1. The largest absolute Gasteiger partial charge is 0.496 e. The van der Waals surface area contributed by atoms with Crippen LogP contribution in [-0.4, -0.2) is 50.8 Å². The minimum Gasteiger partial charge on any atom is -0.496 e. The van der Waals surface area contributed by atoms with E-state index in [2.05, 4.69) is 21.7 Å². The van der Waals surface area contributed by atoms with E-state index >= 15 is 0 Å². The Morgan fingerprint density at radius 2 is 2.20 bits per heavy atom. The van der Waals surface area contributed by atoms with Crippen LogP contribution < -0.4 is 10.1 Å². The van der Waals surface area contributed by atoms with Gasteiger partial charge >= 0.3 is 0 Å². The zero-order chi connectivity index (χ0) is 17.6. The highest BCUT2D eigenvalue weighted by Crippen LogP contribution is 2.26. The molecule has 0 saturated carbocycles. The number of carbonyl (C=O) groups excluding carboxylic acids is 1. The Morgan fingerprint density at radius 1 is 1.40 bits per heavy atom. The van der Waals surface area contributed by atoms with E-state index in [0.717, 1.165) is 26.3 Å². The van der Waals surface area contributed by atoms with E-state index in [0.29, 0.717) is 22.9 Å². The maximum atomic E-state index is 12.6. The van der Waals surface area contributed by atoms with Crippen LogP contribution in [0.3, 0.4) is 0 Å². The highest BCUT2D eigenvalue weighted by Gasteiger charge is 2.24. The van der Waals surface area contributed by atoms with E-state index in [1.165, 1.54) is 4.88 Å². The molecular weight excluding hydrogens is 360 g/mol. The fourth-order valence-corrected chi connectivity index (χ4v) is 3.95. The van der Waals surface area contributed by atoms with Crippen LogP contribution in [0.1, 0.15) is 21.3 Å². The molecule has 1 aromatic carbocycles. The van der Waals surface area contributed by atoms with E-state index in [4.69, 9.17) is 21.1 Å². The molecule has 1 saturated heterocycles. The molecule has 1 aromatic heterocycles. The van der Waals surface area contributed by atoms with Crippen LogP contribution in [0.25, 0.3) is 0 Å². The van der Waals surface area contributed by atoms with E-state index in [1.807, 2.05) is 6.07 Å². The van der Waals surface area contributed by atoms with Crippen LogP contribution in [0, 0.1) is 0 Å². The fourth-order valence-electron chi connectivity index (χ4n) is 2.92. The minimum atomic E-state index is -0.186. The van der Waals surface area contributed by atoms with Gasteiger partial charge in [0, 0.05) is 29.5 Å². The van der Waals surface area contributed by atoms with Gasteiger partial charge in [0.15, 0.2) is 0 Å². The number of benzene rings is 1. The average molecular weight is 381 g/mol. The number of carbonyl (C=O) groups is 1. The van der Waals surface area contributed by atoms with Gasteiger partial charge < -0.3 is 14.8 Å². The number of thiophene rings is 1. The second kappa shape index (κ2) is 8.67. The first kappa shape index (κ1) is 18.2. The van der Waals surface area contributed by atoms with Crippen LogP contribution in [0.15, 0.2) is 35.7 Å². The monoisotopic (exact) mass is 380 g/mol. The molecule has 1 atom stereocenters. The van der Waals surface area contributed by atoms with Crippen molar-refractivity contribution in [3.05, 3.63) is 51.2 Å². The molecule has 2 aromatic rings. The van der Waals surface area contributed by atoms with Crippen LogP contribution >= 0.6 is 22.9 Å². The third kappa shape index (κ3) is 4.52. The number of nitrogens with zero attached hydrogens (tertiary/aromatic N) is 1. The van der Waals surface area contributed by atoms with Crippen LogP contribution in [0.4, 0.5) is 0 Å². The van der Waals surface area contributed by atoms with Crippen molar-refractivity contribution in [1.29, 1.82) is 0 Å². The summed E-state index contributed by atoms with van der Waals surface area (Å²) in [6, 6.07) is 9.32. The molecule has 25 heavy (non-hydrogen) atoms. The first-order valence-corrected chi connectivity index (χ1v) is 9.41. The smallest absolute Gasteiger partial charge is 0.255 e. The van der Waals surface area contributed by atoms with Crippen molar-refractivity contribution in [2.24, 2.45) is 0 Å². The summed E-state index contributed by atoms with van der Waals surface area (Å²) in [6.07, 6.45) is 0. The van der Waals surface area contributed by atoms with Gasteiger partial charge in [0.25, 0.3) is 5.91 Å². The van der Waals surface area contributed by atoms with Gasteiger partial charge in [-0.15, -0.1) is 11.3 Å². The zero-order valence-electron chi connectivity index (χ0n) is 14.0. The first-order valence-electron chi connectivity index (χ1n) is 8.16. The summed E-state index contributed by atoms with van der Waals surface area (Å²) in [5, 5.41) is 5.60. The normalized spacial score (nSPS) is 16.4. The molecule has 1 fully saturated rings. The highest BCUT2D eigenvalue weighted by atomic mass is 35.5. The molecule has 7 heteroatoms. The maximum absolute atomic E-state index is 12.6. The number of halogens is 1. The molecule has 134 valence electrons. The lowest BCUT2D eigenvalue weighted by atomic mass is 10.1. The van der Waals surface area contributed by atoms with Gasteiger partial charge in [-0.2, -0.15) is 0 Å². The highest BCUT2D eigenvalue weighted by molar-refractivity contribution is 7.10. The summed E-state index contributed by atoms with van der Waals surface area (Å²) in [5.74, 6) is 0.329. The van der Waals surface area contributed by atoms with E-state index in [1.54, 1.807) is 36.6 Å². The lowest BCUT2D eigenvalue weighted by Gasteiger charge is -2.34. The third-order valence-electron chi connectivity index (χ3n) is 4.22. The van der Waals surface area contributed by atoms with Crippen molar-refractivity contribution in [2.75, 3.05) is 40.0 Å². The summed E-state index contributed by atoms with van der Waals surface area (Å²) in [6.45, 7) is 3.68. The standard InChI is InChI=1S/C18H21ClN2O3S/c1-23-16-5-4-13(19)11-14(16)18(22)20-12-15(17-3-2-10-25-17)21-6-8-24-9-7-21/h2-5,10-11,15H,6-9,12H2,1H3,(H,20,22). The number of hydrogen-bond acceptors (Lipinski definition) is 5. The molecule has 5 nitrogen and oxygen atoms in total. The number of hydrogen-bond donors (Lipinski definition) is 1. The van der Waals surface area contributed by atoms with Crippen LogP contribution in [-0.2, 0) is 4.74 Å². The molecule has 1 N–H and O–H groups in total. The Labute approximate surface area is 156 Å². The number of ether oxygens (including phenoxy) is 2. The van der Waals surface area contributed by atoms with Gasteiger partial charge in [0.05, 0.1) is 31.9 Å². The van der Waals surface area contributed by atoms with Crippen LogP contribution in [0.5, 0.6) is 5.75 Å². The number of methoxy groups -OCH3 is 1. The van der Waals surface area contributed by atoms with E-state index in [9.17, 15) is 4.79 Å². The van der Waals surface area contributed by atoms with Gasteiger partial charge in [0.2, 0.25) is 0 Å². The molecule has 0 aliphatic carbocycles. The second-order valence-electron chi connectivity index (χ2n) is 5.73. The van der Waals surface area contributed by atoms with E-state index < -0.39 is 0 Å². The van der Waals surface area contributed by atoms with Crippen LogP contribution in [0.2, 0.25) is 5.02 Å². The summed E-state index contributed by atoms with van der Waals surface area (Å²) in [4.78, 5) is 16.2. The number of nitrogens with one attached hydrogen (secondary N) is 1. The quantitative estimate of drug-likeness (QED) is 0.836. The predicted molar refractivity (Wildman–Crippen MR) is 99.8 cm³/mol. The third-order valence-corrected chi connectivity index (χ3v) is 5.43. The Bertz CT molecular complexity index is 702. The average Bonchev–Trinajstić information content (AvgIpc) is 3.17. The molecular formula is C18H21ClN2O3S. The molecule has 0 radical (unpaired) electrons. The summed E-state index contributed by atoms with van der Waals surface area (Å²) in [7, 11) is 1.54. The van der Waals surface area contributed by atoms with Crippen molar-refractivity contribution in [2.45, 2.75) is 6.04 Å². The molecule has 1 aliphatic heterocycles. The summed E-state index contributed by atoms with van der Waals surface area (Å²) in [5.41, 5.74) is 0.446. The van der Waals surface area contributed by atoms with Gasteiger partial charge in [-0.05, 0) is 29.6 Å². The fraction of sp³-hybridized carbons (Fsp3) is 0.389. The van der Waals surface area contributed by atoms with Crippen molar-refractivity contribution in [3.8, 4) is 5.75 Å². The van der Waals surface area contributed by atoms with Crippen molar-refractivity contribution < 1.29 is 14.3 Å². The predicted octanol–water partition coefficient (Wildman–Crippen LogP) is 3.21. The Hall–Kier alpha value is -1.60. The molecule has 0 spiro atoms. The summed E-state index contributed by atoms with van der Waals surface area (Å²) < 4.78 is 10.7. The van der Waals surface area contributed by atoms with Gasteiger partial charge in [-0.3, -0.25) is 9.69 Å². The minimum absolute atomic E-state index is 0.137. The van der Waals surface area contributed by atoms with Gasteiger partial charge in [-0.1, -0.05) is 17.7 Å². The summed E-state index contributed by atoms with van der Waals surface area (Å²) >= 11 is 7.73. The second-order valence-corrected chi connectivity index (χ2v) is 7.15. The zero-order valence-corrected chi connectivity index (χ0v) is 15.6. The van der Waals surface area contributed by atoms with Gasteiger partial charge in [-0.25, -0.2) is 0 Å². The molecule has 0 bridgehead atoms. The Kier molecular flexibility index (Phi) is 6.31. The first-order chi connectivity index (χ1) is 12.2. The number of amides is 1. The van der Waals surface area contributed by atoms with Gasteiger partial charge in [0.1, 0.15) is 5.75 Å². The van der Waals surface area contributed by atoms with Crippen molar-refractivity contribution >= 4 is 28.8 Å². The molecule has 2 heterocycles. The Balaban J connectivity index is 1.72. The topological polar surface area (TPSA) is 50.8 Å².